The number of piperidine rings is 1. The van der Waals surface area contributed by atoms with Crippen LogP contribution in [0.5, 0.6) is 0 Å². The van der Waals surface area contributed by atoms with Gasteiger partial charge in [0, 0.05) is 68.6 Å². The predicted octanol–water partition coefficient (Wildman–Crippen LogP) is 2.96. The fourth-order valence-electron chi connectivity index (χ4n) is 4.23. The lowest BCUT2D eigenvalue weighted by atomic mass is 9.96. The number of imidazole rings is 1. The van der Waals surface area contributed by atoms with Crippen molar-refractivity contribution in [2.24, 2.45) is 7.05 Å². The molecule has 1 fully saturated rings. The molecule has 1 saturated heterocycles. The van der Waals surface area contributed by atoms with Crippen molar-refractivity contribution in [2.75, 3.05) is 33.7 Å². The molecule has 2 aromatic heterocycles. The SMILES string of the molecule is CN(C)CCn1ccnc1[C@@H]1CCCN(C(=O)c2cn(C)c3ccccc23)C1. The standard InChI is InChI=1S/C22H29N5O/c1-24(2)13-14-26-12-10-23-21(26)17-7-6-11-27(15-17)22(28)19-16-25(3)20-9-5-4-8-18(19)20/h4-5,8-10,12,16-17H,6-7,11,13-15H2,1-3H3/t17-/m1/s1. The Hall–Kier alpha value is -2.60. The van der Waals surface area contributed by atoms with Gasteiger partial charge in [-0.2, -0.15) is 0 Å². The minimum absolute atomic E-state index is 0.132. The number of carbonyl (C=O) groups is 1. The van der Waals surface area contributed by atoms with E-state index in [1.165, 1.54) is 0 Å². The molecule has 4 rings (SSSR count). The number of likely N-dealkylation sites (tertiary alicyclic amines) is 1. The highest BCUT2D eigenvalue weighted by Crippen LogP contribution is 2.29. The van der Waals surface area contributed by atoms with Gasteiger partial charge in [0.2, 0.25) is 0 Å². The van der Waals surface area contributed by atoms with Crippen molar-refractivity contribution in [1.29, 1.82) is 0 Å². The molecule has 0 spiro atoms. The molecule has 0 bridgehead atoms. The van der Waals surface area contributed by atoms with Gasteiger partial charge in [0.25, 0.3) is 5.91 Å². The van der Waals surface area contributed by atoms with E-state index in [0.29, 0.717) is 5.92 Å². The van der Waals surface area contributed by atoms with Crippen LogP contribution in [0.1, 0.15) is 34.9 Å². The molecule has 0 N–H and O–H groups in total. The molecule has 148 valence electrons. The Kier molecular flexibility index (Phi) is 5.22. The van der Waals surface area contributed by atoms with Crippen molar-refractivity contribution in [1.82, 2.24) is 23.9 Å². The Morgan fingerprint density at radius 3 is 2.93 bits per heavy atom. The van der Waals surface area contributed by atoms with Crippen LogP contribution in [0.15, 0.2) is 42.9 Å². The van der Waals surface area contributed by atoms with Crippen LogP contribution in [0.3, 0.4) is 0 Å². The smallest absolute Gasteiger partial charge is 0.256 e. The number of likely N-dealkylation sites (N-methyl/N-ethyl adjacent to an activating group) is 1. The van der Waals surface area contributed by atoms with Crippen LogP contribution < -0.4 is 0 Å². The maximum absolute atomic E-state index is 13.3. The first-order valence-corrected chi connectivity index (χ1v) is 10.0. The van der Waals surface area contributed by atoms with Crippen LogP contribution in [-0.2, 0) is 13.6 Å². The fourth-order valence-corrected chi connectivity index (χ4v) is 4.23. The number of benzene rings is 1. The van der Waals surface area contributed by atoms with Gasteiger partial charge in [-0.25, -0.2) is 4.98 Å². The minimum atomic E-state index is 0.132. The van der Waals surface area contributed by atoms with Gasteiger partial charge in [0.15, 0.2) is 0 Å². The van der Waals surface area contributed by atoms with E-state index in [9.17, 15) is 4.79 Å². The van der Waals surface area contributed by atoms with E-state index in [1.54, 1.807) is 0 Å². The number of para-hydroxylation sites is 1. The molecule has 28 heavy (non-hydrogen) atoms. The molecule has 1 aromatic carbocycles. The van der Waals surface area contributed by atoms with Gasteiger partial charge in [0.05, 0.1) is 5.56 Å². The third kappa shape index (κ3) is 3.56. The fraction of sp³-hybridized carbons (Fsp3) is 0.455. The zero-order chi connectivity index (χ0) is 19.7. The molecule has 0 unspecified atom stereocenters. The minimum Gasteiger partial charge on any atom is -0.350 e. The maximum atomic E-state index is 13.3. The molecule has 1 aliphatic heterocycles. The number of aromatic nitrogens is 3. The highest BCUT2D eigenvalue weighted by Gasteiger charge is 2.29. The Morgan fingerprint density at radius 2 is 2.11 bits per heavy atom. The molecular weight excluding hydrogens is 350 g/mol. The predicted molar refractivity (Wildman–Crippen MR) is 112 cm³/mol. The van der Waals surface area contributed by atoms with Crippen LogP contribution in [0.25, 0.3) is 10.9 Å². The van der Waals surface area contributed by atoms with Crippen LogP contribution in [0.4, 0.5) is 0 Å². The zero-order valence-corrected chi connectivity index (χ0v) is 17.0. The van der Waals surface area contributed by atoms with Gasteiger partial charge in [-0.05, 0) is 33.0 Å². The molecule has 0 aliphatic carbocycles. The van der Waals surface area contributed by atoms with Gasteiger partial charge in [0.1, 0.15) is 5.82 Å². The largest absolute Gasteiger partial charge is 0.350 e. The summed E-state index contributed by atoms with van der Waals surface area (Å²) < 4.78 is 4.29. The number of fused-ring (bicyclic) bond motifs is 1. The van der Waals surface area contributed by atoms with Gasteiger partial charge in [-0.1, -0.05) is 18.2 Å². The van der Waals surface area contributed by atoms with E-state index in [2.05, 4.69) is 40.8 Å². The number of amides is 1. The molecule has 1 amide bonds. The lowest BCUT2D eigenvalue weighted by Gasteiger charge is -2.32. The summed E-state index contributed by atoms with van der Waals surface area (Å²) in [7, 11) is 6.17. The highest BCUT2D eigenvalue weighted by molar-refractivity contribution is 6.07. The molecule has 1 atom stereocenters. The third-order valence-corrected chi connectivity index (χ3v) is 5.74. The molecule has 0 radical (unpaired) electrons. The Labute approximate surface area is 166 Å². The Balaban J connectivity index is 1.54. The van der Waals surface area contributed by atoms with Crippen LogP contribution in [-0.4, -0.2) is 63.6 Å². The number of hydrogen-bond donors (Lipinski definition) is 0. The summed E-state index contributed by atoms with van der Waals surface area (Å²) in [5, 5.41) is 1.03. The number of aryl methyl sites for hydroxylation is 1. The van der Waals surface area contributed by atoms with E-state index < -0.39 is 0 Å². The van der Waals surface area contributed by atoms with Crippen molar-refractivity contribution in [3.8, 4) is 0 Å². The lowest BCUT2D eigenvalue weighted by Crippen LogP contribution is -2.39. The molecule has 3 aromatic rings. The maximum Gasteiger partial charge on any atom is 0.256 e. The summed E-state index contributed by atoms with van der Waals surface area (Å²) >= 11 is 0. The summed E-state index contributed by atoms with van der Waals surface area (Å²) in [6.45, 7) is 3.46. The van der Waals surface area contributed by atoms with E-state index in [-0.39, 0.29) is 5.91 Å². The van der Waals surface area contributed by atoms with Crippen molar-refractivity contribution >= 4 is 16.8 Å². The summed E-state index contributed by atoms with van der Waals surface area (Å²) in [4.78, 5) is 22.2. The van der Waals surface area contributed by atoms with E-state index in [1.807, 2.05) is 47.1 Å². The average Bonchev–Trinajstić information content (AvgIpc) is 3.31. The number of carbonyl (C=O) groups excluding carboxylic acids is 1. The number of nitrogens with zero attached hydrogens (tertiary/aromatic N) is 5. The molecule has 1 aliphatic rings. The highest BCUT2D eigenvalue weighted by atomic mass is 16.2. The van der Waals surface area contributed by atoms with Gasteiger partial charge in [-0.15, -0.1) is 0 Å². The molecule has 6 heteroatoms. The Bertz CT molecular complexity index is 970. The molecular formula is C22H29N5O. The summed E-state index contributed by atoms with van der Waals surface area (Å²) in [5.41, 5.74) is 1.90. The lowest BCUT2D eigenvalue weighted by molar-refractivity contribution is 0.0705. The number of rotatable bonds is 5. The van der Waals surface area contributed by atoms with E-state index in [4.69, 9.17) is 0 Å². The van der Waals surface area contributed by atoms with Gasteiger partial charge in [-0.3, -0.25) is 4.79 Å². The first-order valence-electron chi connectivity index (χ1n) is 10.0. The number of hydrogen-bond acceptors (Lipinski definition) is 3. The van der Waals surface area contributed by atoms with Crippen molar-refractivity contribution in [3.63, 3.8) is 0 Å². The first kappa shape index (κ1) is 18.7. The summed E-state index contributed by atoms with van der Waals surface area (Å²) in [6, 6.07) is 8.12. The summed E-state index contributed by atoms with van der Waals surface area (Å²) in [6.07, 6.45) is 8.01. The van der Waals surface area contributed by atoms with Crippen molar-refractivity contribution in [2.45, 2.75) is 25.3 Å². The van der Waals surface area contributed by atoms with E-state index in [0.717, 1.165) is 61.3 Å². The molecule has 3 heterocycles. The normalized spacial score (nSPS) is 17.6. The van der Waals surface area contributed by atoms with Crippen LogP contribution in [0, 0.1) is 0 Å². The van der Waals surface area contributed by atoms with E-state index >= 15 is 0 Å². The quantitative estimate of drug-likeness (QED) is 0.685. The zero-order valence-electron chi connectivity index (χ0n) is 17.0. The second-order valence-corrected chi connectivity index (χ2v) is 8.04. The van der Waals surface area contributed by atoms with Crippen molar-refractivity contribution < 1.29 is 4.79 Å². The third-order valence-electron chi connectivity index (χ3n) is 5.74. The molecule has 0 saturated carbocycles. The van der Waals surface area contributed by atoms with Gasteiger partial charge < -0.3 is 18.9 Å². The van der Waals surface area contributed by atoms with Gasteiger partial charge >= 0.3 is 0 Å². The second kappa shape index (κ2) is 7.80. The average molecular weight is 380 g/mol. The van der Waals surface area contributed by atoms with Crippen LogP contribution in [0.2, 0.25) is 0 Å². The second-order valence-electron chi connectivity index (χ2n) is 8.04. The van der Waals surface area contributed by atoms with Crippen LogP contribution >= 0.6 is 0 Å². The monoisotopic (exact) mass is 379 g/mol. The molecule has 6 nitrogen and oxygen atoms in total. The summed E-state index contributed by atoms with van der Waals surface area (Å²) in [5.74, 6) is 1.54. The first-order chi connectivity index (χ1) is 13.5. The Morgan fingerprint density at radius 1 is 1.29 bits per heavy atom. The van der Waals surface area contributed by atoms with Crippen molar-refractivity contribution in [3.05, 3.63) is 54.2 Å². The topological polar surface area (TPSA) is 46.3 Å².